The molecule has 7 nitrogen and oxygen atoms in total. The van der Waals surface area contributed by atoms with Gasteiger partial charge in [0.15, 0.2) is 11.4 Å². The van der Waals surface area contributed by atoms with E-state index in [0.29, 0.717) is 56.8 Å². The number of amides is 1. The van der Waals surface area contributed by atoms with E-state index in [9.17, 15) is 14.0 Å². The number of nitrogens with one attached hydrogen (secondary N) is 1. The van der Waals surface area contributed by atoms with Crippen LogP contribution in [0.2, 0.25) is 0 Å². The minimum absolute atomic E-state index is 0.0168. The molecule has 3 aromatic heterocycles. The summed E-state index contributed by atoms with van der Waals surface area (Å²) in [6, 6.07) is 19.0. The monoisotopic (exact) mass is 559 g/mol. The number of carbonyl (C=O) groups is 2. The van der Waals surface area contributed by atoms with Gasteiger partial charge < -0.3 is 14.2 Å². The fraction of sp³-hybridized carbons (Fsp3) is 0.176. The number of pyridine rings is 1. The van der Waals surface area contributed by atoms with Crippen molar-refractivity contribution < 1.29 is 22.8 Å². The van der Waals surface area contributed by atoms with Crippen molar-refractivity contribution in [3.63, 3.8) is 0 Å². The van der Waals surface area contributed by atoms with Crippen molar-refractivity contribution in [3.05, 3.63) is 108 Å². The highest BCUT2D eigenvalue weighted by molar-refractivity contribution is 6.12. The maximum Gasteiger partial charge on any atom is 0.255 e. The van der Waals surface area contributed by atoms with Gasteiger partial charge in [-0.1, -0.05) is 18.2 Å². The molecule has 42 heavy (non-hydrogen) atoms. The van der Waals surface area contributed by atoms with Crippen molar-refractivity contribution in [2.45, 2.75) is 31.6 Å². The largest absolute Gasteiger partial charge is 0.455 e. The van der Waals surface area contributed by atoms with Crippen molar-refractivity contribution >= 4 is 33.8 Å². The summed E-state index contributed by atoms with van der Waals surface area (Å²) in [5, 5.41) is 3.32. The zero-order valence-corrected chi connectivity index (χ0v) is 23.0. The lowest BCUT2D eigenvalue weighted by molar-refractivity contribution is 0.0956. The van der Waals surface area contributed by atoms with E-state index in [2.05, 4.69) is 15.3 Å². The Hall–Kier alpha value is -5.11. The first-order valence-corrected chi connectivity index (χ1v) is 13.7. The Morgan fingerprint density at radius 2 is 1.74 bits per heavy atom. The molecule has 1 saturated carbocycles. The van der Waals surface area contributed by atoms with E-state index in [4.69, 9.17) is 8.83 Å². The molecule has 7 rings (SSSR count). The van der Waals surface area contributed by atoms with Gasteiger partial charge in [0.25, 0.3) is 5.91 Å². The van der Waals surface area contributed by atoms with Gasteiger partial charge in [-0.3, -0.25) is 14.6 Å². The number of hydrogen-bond acceptors (Lipinski definition) is 6. The van der Waals surface area contributed by atoms with Gasteiger partial charge in [0.05, 0.1) is 17.2 Å². The molecule has 6 aromatic rings. The molecule has 8 heteroatoms. The first-order valence-electron chi connectivity index (χ1n) is 13.7. The van der Waals surface area contributed by atoms with Gasteiger partial charge in [-0.25, -0.2) is 9.37 Å². The SMILES string of the molecule is CNC(=O)c1c(-c2ccc(F)cc2)oc2ccc(-c3cc(C(=O)CC4(c5nc6cnccc6o5)CC4)ccc3C)cc12. The van der Waals surface area contributed by atoms with Crippen LogP contribution in [0.5, 0.6) is 0 Å². The molecular weight excluding hydrogens is 533 g/mol. The van der Waals surface area contributed by atoms with Gasteiger partial charge in [-0.15, -0.1) is 0 Å². The molecule has 3 heterocycles. The third-order valence-electron chi connectivity index (χ3n) is 8.12. The molecule has 1 fully saturated rings. The van der Waals surface area contributed by atoms with Crippen LogP contribution in [0.15, 0.2) is 88.0 Å². The van der Waals surface area contributed by atoms with Gasteiger partial charge in [0, 0.05) is 42.2 Å². The van der Waals surface area contributed by atoms with Crippen molar-refractivity contribution in [2.75, 3.05) is 7.05 Å². The molecule has 208 valence electrons. The number of fused-ring (bicyclic) bond motifs is 2. The average molecular weight is 560 g/mol. The molecule has 0 spiro atoms. The lowest BCUT2D eigenvalue weighted by atomic mass is 9.91. The second-order valence-corrected chi connectivity index (χ2v) is 10.9. The van der Waals surface area contributed by atoms with Crippen LogP contribution in [0.3, 0.4) is 0 Å². The maximum atomic E-state index is 13.6. The summed E-state index contributed by atoms with van der Waals surface area (Å²) in [6.07, 6.45) is 5.32. The minimum atomic E-state index is -0.393. The number of hydrogen-bond donors (Lipinski definition) is 1. The van der Waals surface area contributed by atoms with Crippen molar-refractivity contribution in [2.24, 2.45) is 0 Å². The highest BCUT2D eigenvalue weighted by Crippen LogP contribution is 2.52. The molecular formula is C34H26FN3O4. The predicted octanol–water partition coefficient (Wildman–Crippen LogP) is 7.41. The molecule has 0 radical (unpaired) electrons. The Morgan fingerprint density at radius 1 is 0.952 bits per heavy atom. The average Bonchev–Trinajstić information content (AvgIpc) is 3.48. The zero-order valence-electron chi connectivity index (χ0n) is 23.0. The maximum absolute atomic E-state index is 13.6. The lowest BCUT2D eigenvalue weighted by Crippen LogP contribution is -2.18. The summed E-state index contributed by atoms with van der Waals surface area (Å²) in [4.78, 5) is 35.3. The third kappa shape index (κ3) is 4.36. The van der Waals surface area contributed by atoms with E-state index >= 15 is 0 Å². The molecule has 0 unspecified atom stereocenters. The van der Waals surface area contributed by atoms with Crippen LogP contribution in [-0.2, 0) is 5.41 Å². The molecule has 1 amide bonds. The zero-order chi connectivity index (χ0) is 29.0. The van der Waals surface area contributed by atoms with E-state index in [-0.39, 0.29) is 17.5 Å². The number of rotatable bonds is 7. The van der Waals surface area contributed by atoms with Crippen LogP contribution in [0, 0.1) is 12.7 Å². The second-order valence-electron chi connectivity index (χ2n) is 10.9. The molecule has 1 N–H and O–H groups in total. The molecule has 0 saturated heterocycles. The first kappa shape index (κ1) is 25.8. The number of oxazole rings is 1. The van der Waals surface area contributed by atoms with Gasteiger partial charge in [0.2, 0.25) is 5.89 Å². The van der Waals surface area contributed by atoms with Crippen LogP contribution >= 0.6 is 0 Å². The molecule has 0 bridgehead atoms. The molecule has 0 aliphatic heterocycles. The number of carbonyl (C=O) groups excluding carboxylic acids is 2. The number of ketones is 1. The molecule has 1 aliphatic rings. The van der Waals surface area contributed by atoms with E-state index < -0.39 is 5.41 Å². The number of aryl methyl sites for hydroxylation is 1. The lowest BCUT2D eigenvalue weighted by Gasteiger charge is -2.12. The third-order valence-corrected chi connectivity index (χ3v) is 8.12. The quantitative estimate of drug-likeness (QED) is 0.205. The van der Waals surface area contributed by atoms with E-state index in [1.54, 1.807) is 37.6 Å². The summed E-state index contributed by atoms with van der Waals surface area (Å²) in [5.41, 5.74) is 5.79. The van der Waals surface area contributed by atoms with Crippen LogP contribution < -0.4 is 5.32 Å². The van der Waals surface area contributed by atoms with Crippen molar-refractivity contribution in [1.29, 1.82) is 0 Å². The first-order chi connectivity index (χ1) is 20.3. The van der Waals surface area contributed by atoms with E-state index in [1.165, 1.54) is 12.1 Å². The van der Waals surface area contributed by atoms with Crippen LogP contribution in [0.4, 0.5) is 4.39 Å². The Morgan fingerprint density at radius 3 is 2.48 bits per heavy atom. The number of nitrogens with zero attached hydrogens (tertiary/aromatic N) is 2. The summed E-state index contributed by atoms with van der Waals surface area (Å²) >= 11 is 0. The Balaban J connectivity index is 1.24. The smallest absolute Gasteiger partial charge is 0.255 e. The summed E-state index contributed by atoms with van der Waals surface area (Å²) in [5.74, 6) is 0.295. The standard InChI is InChI=1S/C34H26FN3O4/c1-19-3-4-22(27(39)17-34(12-13-34)33-38-26-18-37-14-11-29(26)42-33)16-24(19)21-7-10-28-25(15-21)30(32(40)36-2)31(41-28)20-5-8-23(35)9-6-20/h3-11,14-16,18H,12-13,17H2,1-2H3,(H,36,40). The second kappa shape index (κ2) is 9.76. The number of furan rings is 1. The summed E-state index contributed by atoms with van der Waals surface area (Å²) < 4.78 is 25.7. The normalized spacial score (nSPS) is 13.9. The number of halogens is 1. The van der Waals surface area contributed by atoms with Gasteiger partial charge >= 0.3 is 0 Å². The van der Waals surface area contributed by atoms with Gasteiger partial charge in [-0.2, -0.15) is 0 Å². The molecule has 3 aromatic carbocycles. The van der Waals surface area contributed by atoms with Crippen LogP contribution in [0.1, 0.15) is 51.4 Å². The number of Topliss-reactive ketones (excluding diaryl/α,β-unsaturated/α-hetero) is 1. The topological polar surface area (TPSA) is 98.2 Å². The Bertz CT molecular complexity index is 1990. The Labute approximate surface area is 240 Å². The summed E-state index contributed by atoms with van der Waals surface area (Å²) in [6.45, 7) is 1.99. The predicted molar refractivity (Wildman–Crippen MR) is 157 cm³/mol. The highest BCUT2D eigenvalue weighted by atomic mass is 19.1. The van der Waals surface area contributed by atoms with Crippen molar-refractivity contribution in [3.8, 4) is 22.5 Å². The van der Waals surface area contributed by atoms with Crippen LogP contribution in [-0.4, -0.2) is 28.7 Å². The van der Waals surface area contributed by atoms with E-state index in [0.717, 1.165) is 29.5 Å². The number of aromatic nitrogens is 2. The fourth-order valence-corrected chi connectivity index (χ4v) is 5.56. The van der Waals surface area contributed by atoms with Gasteiger partial charge in [0.1, 0.15) is 22.7 Å². The van der Waals surface area contributed by atoms with Crippen molar-refractivity contribution in [1.82, 2.24) is 15.3 Å². The fourth-order valence-electron chi connectivity index (χ4n) is 5.56. The van der Waals surface area contributed by atoms with Gasteiger partial charge in [-0.05, 0) is 78.9 Å². The van der Waals surface area contributed by atoms with Crippen LogP contribution in [0.25, 0.3) is 44.5 Å². The molecule has 0 atom stereocenters. The van der Waals surface area contributed by atoms with E-state index in [1.807, 2.05) is 43.3 Å². The highest BCUT2D eigenvalue weighted by Gasteiger charge is 2.50. The molecule has 1 aliphatic carbocycles. The summed E-state index contributed by atoms with van der Waals surface area (Å²) in [7, 11) is 1.56. The Kier molecular flexibility index (Phi) is 6.01. The minimum Gasteiger partial charge on any atom is -0.455 e. The number of benzene rings is 3.